The van der Waals surface area contributed by atoms with Gasteiger partial charge in [-0.1, -0.05) is 60.7 Å². The van der Waals surface area contributed by atoms with Crippen LogP contribution in [0.5, 0.6) is 17.2 Å². The summed E-state index contributed by atoms with van der Waals surface area (Å²) in [4.78, 5) is 56.7. The van der Waals surface area contributed by atoms with Crippen LogP contribution in [0.15, 0.2) is 72.8 Å². The fourth-order valence-corrected chi connectivity index (χ4v) is 7.66. The number of fused-ring (bicyclic) bond motifs is 7. The van der Waals surface area contributed by atoms with E-state index in [1.54, 1.807) is 24.3 Å². The maximum atomic E-state index is 14.3. The molecule has 0 unspecified atom stereocenters. The van der Waals surface area contributed by atoms with Crippen LogP contribution in [-0.4, -0.2) is 67.1 Å². The molecule has 4 aromatic rings. The molecule has 0 bridgehead atoms. The van der Waals surface area contributed by atoms with Crippen LogP contribution in [0.3, 0.4) is 0 Å². The van der Waals surface area contributed by atoms with Gasteiger partial charge in [0.25, 0.3) is 11.8 Å². The summed E-state index contributed by atoms with van der Waals surface area (Å²) in [5, 5.41) is 0. The molecule has 0 radical (unpaired) electrons. The first kappa shape index (κ1) is 28.8. The smallest absolute Gasteiger partial charge is 0.410 e. The molecule has 4 aliphatic rings. The van der Waals surface area contributed by atoms with E-state index in [0.29, 0.717) is 40.2 Å². The van der Waals surface area contributed by atoms with E-state index in [1.165, 1.54) is 12.0 Å². The lowest BCUT2D eigenvalue weighted by Gasteiger charge is -2.42. The van der Waals surface area contributed by atoms with E-state index >= 15 is 0 Å². The molecule has 3 heterocycles. The van der Waals surface area contributed by atoms with Gasteiger partial charge in [0.05, 0.1) is 36.9 Å². The minimum atomic E-state index is -1.00. The van der Waals surface area contributed by atoms with Gasteiger partial charge in [0, 0.05) is 29.0 Å². The summed E-state index contributed by atoms with van der Waals surface area (Å²) in [5.41, 5.74) is 6.67. The van der Waals surface area contributed by atoms with Crippen molar-refractivity contribution in [3.63, 3.8) is 0 Å². The molecule has 47 heavy (non-hydrogen) atoms. The Bertz CT molecular complexity index is 1920. The van der Waals surface area contributed by atoms with E-state index in [9.17, 15) is 19.2 Å². The first-order chi connectivity index (χ1) is 22.9. The SMILES string of the molecule is COc1c(C)c2c(c3c1C[C@@H](C=O)N(C(=O)OCC1c4ccccc4-c4ccccc41)[C@H]3CN1C(=O)c3ccccc3C1=O)OCO2. The number of amides is 3. The predicted molar refractivity (Wildman–Crippen MR) is 169 cm³/mol. The number of carbonyl (C=O) groups is 4. The molecule has 0 spiro atoms. The van der Waals surface area contributed by atoms with Gasteiger partial charge in [-0.3, -0.25) is 19.4 Å². The second-order valence-electron chi connectivity index (χ2n) is 12.0. The molecule has 3 amide bonds. The largest absolute Gasteiger partial charge is 0.496 e. The number of benzene rings is 4. The second-order valence-corrected chi connectivity index (χ2v) is 12.0. The number of hydrogen-bond donors (Lipinski definition) is 0. The third-order valence-electron chi connectivity index (χ3n) is 9.72. The summed E-state index contributed by atoms with van der Waals surface area (Å²) in [5.74, 6) is 0.152. The van der Waals surface area contributed by atoms with Crippen molar-refractivity contribution < 1.29 is 38.1 Å². The van der Waals surface area contributed by atoms with Crippen LogP contribution in [0.25, 0.3) is 11.1 Å². The van der Waals surface area contributed by atoms with Crippen molar-refractivity contribution in [2.45, 2.75) is 31.3 Å². The quantitative estimate of drug-likeness (QED) is 0.205. The summed E-state index contributed by atoms with van der Waals surface area (Å²) in [6.45, 7) is 1.56. The highest BCUT2D eigenvalue weighted by molar-refractivity contribution is 6.21. The Labute approximate surface area is 270 Å². The molecule has 0 saturated heterocycles. The van der Waals surface area contributed by atoms with Crippen molar-refractivity contribution in [3.8, 4) is 28.4 Å². The third kappa shape index (κ3) is 4.24. The number of hydrogen-bond acceptors (Lipinski definition) is 8. The Morgan fingerprint density at radius 1 is 0.872 bits per heavy atom. The summed E-state index contributed by atoms with van der Waals surface area (Å²) in [6, 6.07) is 20.6. The Morgan fingerprint density at radius 3 is 2.04 bits per heavy atom. The highest BCUT2D eigenvalue weighted by atomic mass is 16.7. The van der Waals surface area contributed by atoms with E-state index in [2.05, 4.69) is 12.1 Å². The first-order valence-corrected chi connectivity index (χ1v) is 15.5. The highest BCUT2D eigenvalue weighted by Crippen LogP contribution is 2.53. The van der Waals surface area contributed by atoms with Gasteiger partial charge in [0.1, 0.15) is 18.6 Å². The van der Waals surface area contributed by atoms with E-state index in [1.807, 2.05) is 43.3 Å². The van der Waals surface area contributed by atoms with Crippen LogP contribution in [0.2, 0.25) is 0 Å². The maximum Gasteiger partial charge on any atom is 0.410 e. The lowest BCUT2D eigenvalue weighted by Crippen LogP contribution is -2.52. The number of imide groups is 1. The molecule has 3 aliphatic heterocycles. The molecule has 8 rings (SSSR count). The molecule has 10 heteroatoms. The van der Waals surface area contributed by atoms with Crippen molar-refractivity contribution in [2.24, 2.45) is 0 Å². The van der Waals surface area contributed by atoms with Crippen LogP contribution in [0.1, 0.15) is 60.5 Å². The summed E-state index contributed by atoms with van der Waals surface area (Å²) in [7, 11) is 1.53. The minimum Gasteiger partial charge on any atom is -0.496 e. The lowest BCUT2D eigenvalue weighted by atomic mass is 9.85. The Balaban J connectivity index is 1.20. The van der Waals surface area contributed by atoms with Crippen molar-refractivity contribution in [1.82, 2.24) is 9.80 Å². The van der Waals surface area contributed by atoms with Gasteiger partial charge in [0.2, 0.25) is 6.79 Å². The molecular formula is C37H30N2O8. The number of methoxy groups -OCH3 is 1. The van der Waals surface area contributed by atoms with Gasteiger partial charge in [-0.05, 0) is 41.3 Å². The maximum absolute atomic E-state index is 14.3. The average Bonchev–Trinajstić information content (AvgIpc) is 3.78. The highest BCUT2D eigenvalue weighted by Gasteiger charge is 2.48. The molecule has 0 aromatic heterocycles. The summed E-state index contributed by atoms with van der Waals surface area (Å²) in [6.07, 6.45) is 0.0601. The number of ether oxygens (including phenoxy) is 4. The van der Waals surface area contributed by atoms with Crippen LogP contribution in [-0.2, 0) is 16.0 Å². The molecular weight excluding hydrogens is 600 g/mol. The van der Waals surface area contributed by atoms with Gasteiger partial charge in [-0.25, -0.2) is 4.79 Å². The van der Waals surface area contributed by atoms with E-state index < -0.39 is 30.0 Å². The van der Waals surface area contributed by atoms with Crippen LogP contribution in [0, 0.1) is 6.92 Å². The fraction of sp³-hybridized carbons (Fsp3) is 0.243. The van der Waals surface area contributed by atoms with E-state index in [-0.39, 0.29) is 43.4 Å². The monoisotopic (exact) mass is 630 g/mol. The number of aldehydes is 1. The lowest BCUT2D eigenvalue weighted by molar-refractivity contribution is -0.113. The van der Waals surface area contributed by atoms with Crippen molar-refractivity contribution in [1.29, 1.82) is 0 Å². The average molecular weight is 631 g/mol. The minimum absolute atomic E-state index is 0.0243. The van der Waals surface area contributed by atoms with Gasteiger partial charge in [-0.15, -0.1) is 0 Å². The number of rotatable bonds is 6. The Hall–Kier alpha value is -5.64. The van der Waals surface area contributed by atoms with Crippen LogP contribution >= 0.6 is 0 Å². The van der Waals surface area contributed by atoms with Crippen LogP contribution in [0.4, 0.5) is 4.79 Å². The van der Waals surface area contributed by atoms with Crippen LogP contribution < -0.4 is 14.2 Å². The third-order valence-corrected chi connectivity index (χ3v) is 9.72. The summed E-state index contributed by atoms with van der Waals surface area (Å²) < 4.78 is 23.7. The molecule has 1 aliphatic carbocycles. The van der Waals surface area contributed by atoms with Crippen molar-refractivity contribution in [2.75, 3.05) is 27.1 Å². The predicted octanol–water partition coefficient (Wildman–Crippen LogP) is 5.44. The molecule has 4 aromatic carbocycles. The summed E-state index contributed by atoms with van der Waals surface area (Å²) >= 11 is 0. The van der Waals surface area contributed by atoms with Gasteiger partial charge in [0.15, 0.2) is 11.5 Å². The zero-order valence-corrected chi connectivity index (χ0v) is 25.7. The van der Waals surface area contributed by atoms with Crippen molar-refractivity contribution in [3.05, 3.63) is 112 Å². The van der Waals surface area contributed by atoms with E-state index in [4.69, 9.17) is 18.9 Å². The molecule has 0 saturated carbocycles. The number of carbonyl (C=O) groups excluding carboxylic acids is 4. The molecule has 0 fully saturated rings. The van der Waals surface area contributed by atoms with Crippen molar-refractivity contribution >= 4 is 24.2 Å². The zero-order chi connectivity index (χ0) is 32.4. The van der Waals surface area contributed by atoms with E-state index in [0.717, 1.165) is 27.2 Å². The Morgan fingerprint density at radius 2 is 1.45 bits per heavy atom. The number of nitrogens with zero attached hydrogens (tertiary/aromatic N) is 2. The molecule has 2 atom stereocenters. The first-order valence-electron chi connectivity index (χ1n) is 15.5. The topological polar surface area (TPSA) is 112 Å². The normalized spacial score (nSPS) is 18.9. The van der Waals surface area contributed by atoms with Gasteiger partial charge in [-0.2, -0.15) is 0 Å². The standard InChI is InChI=1S/C37H30N2O8/c1-20-32(44-2)28-15-21(17-40)39(37(43)45-18-29-24-11-5-3-9-22(24)23-10-4-6-12-25(23)29)30(31(28)34-33(20)46-19-47-34)16-38-35(41)26-13-7-8-14-27(26)36(38)42/h3-14,17,21,29-30H,15-16,18-19H2,1-2H3/t21-,30-/m0/s1. The van der Waals surface area contributed by atoms with Gasteiger partial charge >= 0.3 is 6.09 Å². The van der Waals surface area contributed by atoms with Gasteiger partial charge < -0.3 is 23.7 Å². The fourth-order valence-electron chi connectivity index (χ4n) is 7.66. The molecule has 0 N–H and O–H groups in total. The zero-order valence-electron chi connectivity index (χ0n) is 25.7. The Kier molecular flexibility index (Phi) is 6.75. The molecule has 10 nitrogen and oxygen atoms in total. The second kappa shape index (κ2) is 11.0. The molecule has 236 valence electrons.